The molecule has 0 N–H and O–H groups in total. The van der Waals surface area contributed by atoms with E-state index in [1.807, 2.05) is 0 Å². The quantitative estimate of drug-likeness (QED) is 0.731. The summed E-state index contributed by atoms with van der Waals surface area (Å²) in [5.41, 5.74) is 0. The lowest BCUT2D eigenvalue weighted by Gasteiger charge is -2.31. The third kappa shape index (κ3) is 3.29. The number of carbonyl (C=O) groups is 1. The molecule has 2 heterocycles. The van der Waals surface area contributed by atoms with Gasteiger partial charge in [-0.05, 0) is 52.1 Å². The minimum absolute atomic E-state index is 0.332. The molecule has 0 amide bonds. The highest BCUT2D eigenvalue weighted by atomic mass is 16.5. The Morgan fingerprint density at radius 3 is 2.62 bits per heavy atom. The molecule has 2 saturated heterocycles. The summed E-state index contributed by atoms with van der Waals surface area (Å²) in [4.78, 5) is 13.7. The molecular formula is C13H23NO2. The van der Waals surface area contributed by atoms with Crippen LogP contribution in [0.5, 0.6) is 0 Å². The van der Waals surface area contributed by atoms with Crippen LogP contribution in [0.25, 0.3) is 0 Å². The third-order valence-electron chi connectivity index (χ3n) is 3.95. The van der Waals surface area contributed by atoms with Crippen LogP contribution in [-0.4, -0.2) is 43.0 Å². The van der Waals surface area contributed by atoms with Crippen molar-refractivity contribution in [1.82, 2.24) is 4.90 Å². The number of nitrogens with zero attached hydrogens (tertiary/aromatic N) is 1. The van der Waals surface area contributed by atoms with Crippen LogP contribution in [0.1, 0.15) is 39.0 Å². The average molecular weight is 225 g/mol. The van der Waals surface area contributed by atoms with Crippen molar-refractivity contribution in [2.75, 3.05) is 26.2 Å². The van der Waals surface area contributed by atoms with Crippen molar-refractivity contribution in [1.29, 1.82) is 0 Å². The lowest BCUT2D eigenvalue weighted by atomic mass is 9.93. The first-order valence-electron chi connectivity index (χ1n) is 6.60. The summed E-state index contributed by atoms with van der Waals surface area (Å²) in [5.74, 6) is 0.706. The molecule has 0 aliphatic carbocycles. The molecule has 0 radical (unpaired) electrons. The summed E-state index contributed by atoms with van der Waals surface area (Å²) in [6, 6.07) is 0. The Hall–Kier alpha value is -0.410. The summed E-state index contributed by atoms with van der Waals surface area (Å²) in [5, 5.41) is 0. The van der Waals surface area contributed by atoms with Gasteiger partial charge in [0.15, 0.2) is 0 Å². The molecule has 16 heavy (non-hydrogen) atoms. The number of hydrogen-bond acceptors (Lipinski definition) is 3. The monoisotopic (exact) mass is 225 g/mol. The number of carbonyl (C=O) groups excluding carboxylic acids is 1. The number of ether oxygens (including phenoxy) is 1. The molecule has 2 aliphatic heterocycles. The van der Waals surface area contributed by atoms with Crippen molar-refractivity contribution in [3.05, 3.63) is 0 Å². The zero-order valence-corrected chi connectivity index (χ0v) is 10.3. The van der Waals surface area contributed by atoms with Gasteiger partial charge in [-0.15, -0.1) is 0 Å². The van der Waals surface area contributed by atoms with Crippen LogP contribution in [0.3, 0.4) is 0 Å². The second-order valence-corrected chi connectivity index (χ2v) is 5.15. The first kappa shape index (κ1) is 12.1. The fraction of sp³-hybridized carbons (Fsp3) is 0.923. The predicted octanol–water partition coefficient (Wildman–Crippen LogP) is 1.86. The van der Waals surface area contributed by atoms with Gasteiger partial charge in [-0.1, -0.05) is 0 Å². The molecule has 0 aromatic rings. The Bertz CT molecular complexity index is 228. The number of likely N-dealkylation sites (tertiary alicyclic amines) is 1. The van der Waals surface area contributed by atoms with Gasteiger partial charge in [0.1, 0.15) is 5.78 Å². The van der Waals surface area contributed by atoms with E-state index in [0.29, 0.717) is 17.8 Å². The molecule has 1 atom stereocenters. The molecule has 0 aromatic heterocycles. The van der Waals surface area contributed by atoms with Crippen molar-refractivity contribution in [3.63, 3.8) is 0 Å². The summed E-state index contributed by atoms with van der Waals surface area (Å²) in [6.45, 7) is 6.02. The highest BCUT2D eigenvalue weighted by Gasteiger charge is 2.23. The van der Waals surface area contributed by atoms with Gasteiger partial charge in [-0.25, -0.2) is 0 Å². The lowest BCUT2D eigenvalue weighted by molar-refractivity contribution is -0.122. The molecule has 2 rings (SSSR count). The van der Waals surface area contributed by atoms with E-state index in [0.717, 1.165) is 39.1 Å². The highest BCUT2D eigenvalue weighted by molar-refractivity contribution is 5.78. The Labute approximate surface area is 98.1 Å². The topological polar surface area (TPSA) is 29.5 Å². The third-order valence-corrected chi connectivity index (χ3v) is 3.95. The van der Waals surface area contributed by atoms with Gasteiger partial charge >= 0.3 is 0 Å². The van der Waals surface area contributed by atoms with Crippen LogP contribution in [0, 0.1) is 5.92 Å². The Balaban J connectivity index is 1.63. The number of rotatable bonds is 4. The number of hydrogen-bond donors (Lipinski definition) is 0. The molecule has 3 nitrogen and oxygen atoms in total. The normalized spacial score (nSPS) is 28.4. The second-order valence-electron chi connectivity index (χ2n) is 5.15. The van der Waals surface area contributed by atoms with Crippen molar-refractivity contribution in [2.24, 2.45) is 5.92 Å². The van der Waals surface area contributed by atoms with Gasteiger partial charge in [-0.2, -0.15) is 0 Å². The van der Waals surface area contributed by atoms with Crippen molar-refractivity contribution in [3.8, 4) is 0 Å². The Morgan fingerprint density at radius 2 is 2.06 bits per heavy atom. The maximum atomic E-state index is 11.2. The van der Waals surface area contributed by atoms with Gasteiger partial charge in [0.05, 0.1) is 6.10 Å². The van der Waals surface area contributed by atoms with Crippen LogP contribution in [0.15, 0.2) is 0 Å². The molecule has 0 spiro atoms. The molecule has 2 fully saturated rings. The maximum Gasteiger partial charge on any atom is 0.133 e. The van der Waals surface area contributed by atoms with E-state index in [2.05, 4.69) is 4.90 Å². The van der Waals surface area contributed by atoms with Gasteiger partial charge in [-0.3, -0.25) is 4.79 Å². The lowest BCUT2D eigenvalue weighted by Crippen LogP contribution is -2.37. The van der Waals surface area contributed by atoms with E-state index >= 15 is 0 Å². The molecule has 2 aliphatic rings. The SMILES string of the molecule is CC(=O)C1CCN(CCC2CCCO2)CC1. The summed E-state index contributed by atoms with van der Waals surface area (Å²) in [6.07, 6.45) is 6.26. The first-order valence-corrected chi connectivity index (χ1v) is 6.60. The molecular weight excluding hydrogens is 202 g/mol. The molecule has 0 aromatic carbocycles. The fourth-order valence-electron chi connectivity index (χ4n) is 2.76. The van der Waals surface area contributed by atoms with E-state index in [9.17, 15) is 4.79 Å². The molecule has 0 saturated carbocycles. The van der Waals surface area contributed by atoms with Crippen molar-refractivity contribution < 1.29 is 9.53 Å². The van der Waals surface area contributed by atoms with E-state index in [-0.39, 0.29) is 0 Å². The van der Waals surface area contributed by atoms with E-state index in [4.69, 9.17) is 4.74 Å². The van der Waals surface area contributed by atoms with E-state index in [1.54, 1.807) is 6.92 Å². The van der Waals surface area contributed by atoms with Crippen molar-refractivity contribution >= 4 is 5.78 Å². The highest BCUT2D eigenvalue weighted by Crippen LogP contribution is 2.20. The Kier molecular flexibility index (Phi) is 4.36. The zero-order valence-electron chi connectivity index (χ0n) is 10.3. The average Bonchev–Trinajstić information content (AvgIpc) is 2.80. The maximum absolute atomic E-state index is 11.2. The van der Waals surface area contributed by atoms with Gasteiger partial charge < -0.3 is 9.64 Å². The van der Waals surface area contributed by atoms with Gasteiger partial charge in [0.2, 0.25) is 0 Å². The van der Waals surface area contributed by atoms with E-state index in [1.165, 1.54) is 19.3 Å². The number of Topliss-reactive ketones (excluding diaryl/α,β-unsaturated/α-hetero) is 1. The van der Waals surface area contributed by atoms with E-state index < -0.39 is 0 Å². The van der Waals surface area contributed by atoms with Crippen LogP contribution in [-0.2, 0) is 9.53 Å². The van der Waals surface area contributed by atoms with Crippen LogP contribution in [0.4, 0.5) is 0 Å². The first-order chi connectivity index (χ1) is 7.75. The van der Waals surface area contributed by atoms with Gasteiger partial charge in [0.25, 0.3) is 0 Å². The minimum Gasteiger partial charge on any atom is -0.378 e. The molecule has 3 heteroatoms. The zero-order chi connectivity index (χ0) is 11.4. The molecule has 0 bridgehead atoms. The molecule has 1 unspecified atom stereocenters. The predicted molar refractivity (Wildman–Crippen MR) is 63.4 cm³/mol. The minimum atomic E-state index is 0.332. The number of ketones is 1. The van der Waals surface area contributed by atoms with Crippen molar-refractivity contribution in [2.45, 2.75) is 45.1 Å². The summed E-state index contributed by atoms with van der Waals surface area (Å²) < 4.78 is 5.62. The van der Waals surface area contributed by atoms with Crippen LogP contribution in [0.2, 0.25) is 0 Å². The molecule has 92 valence electrons. The summed E-state index contributed by atoms with van der Waals surface area (Å²) in [7, 11) is 0. The Morgan fingerprint density at radius 1 is 1.31 bits per heavy atom. The number of piperidine rings is 1. The van der Waals surface area contributed by atoms with Crippen LogP contribution >= 0.6 is 0 Å². The smallest absolute Gasteiger partial charge is 0.133 e. The van der Waals surface area contributed by atoms with Crippen LogP contribution < -0.4 is 0 Å². The summed E-state index contributed by atoms with van der Waals surface area (Å²) >= 11 is 0. The largest absolute Gasteiger partial charge is 0.378 e. The second kappa shape index (κ2) is 5.78. The van der Waals surface area contributed by atoms with Gasteiger partial charge in [0, 0.05) is 19.1 Å². The fourth-order valence-corrected chi connectivity index (χ4v) is 2.76. The standard InChI is InChI=1S/C13H23NO2/c1-11(15)12-4-7-14(8-5-12)9-6-13-3-2-10-16-13/h12-13H,2-10H2,1H3.